The first-order valence-corrected chi connectivity index (χ1v) is 28.4. The first-order valence-electron chi connectivity index (χ1n) is 28.4. The molecule has 0 N–H and O–H groups in total. The van der Waals surface area contributed by atoms with Crippen molar-refractivity contribution >= 4 is 17.9 Å². The molecular weight excluding hydrogens is 853 g/mol. The quantitative estimate of drug-likeness (QED) is 0.0262. The Morgan fingerprint density at radius 2 is 0.565 bits per heavy atom. The highest BCUT2D eigenvalue weighted by molar-refractivity contribution is 5.71. The van der Waals surface area contributed by atoms with Crippen LogP contribution < -0.4 is 0 Å². The van der Waals surface area contributed by atoms with Crippen LogP contribution in [0.4, 0.5) is 0 Å². The van der Waals surface area contributed by atoms with Gasteiger partial charge in [0, 0.05) is 19.3 Å². The van der Waals surface area contributed by atoms with Crippen molar-refractivity contribution in [3.8, 4) is 0 Å². The maximum atomic E-state index is 12.8. The molecule has 6 nitrogen and oxygen atoms in total. The molecule has 0 aromatic heterocycles. The standard InChI is InChI=1S/C63H104O6/c1-4-7-10-13-16-19-22-25-28-29-30-31-32-33-36-38-41-44-47-50-53-56-62(65)68-59-60(69-63(66)57-54-51-48-45-42-39-35-27-24-21-18-15-12-9-6-3)58-67-61(64)55-52-49-46-43-40-37-34-26-23-20-17-14-11-8-5-2/h9,12,17-18,20-22,25-27,29-30,32-35,42,45,60H,4-8,10-11,13-16,19,23-24,28,31,36-41,43-44,46-59H2,1-3H3/b12-9-,20-17-,21-18-,25-22-,30-29-,33-32-,34-26-,35-27-,45-42-. The molecule has 0 rings (SSSR count). The molecule has 0 aliphatic carbocycles. The molecular formula is C63H104O6. The Morgan fingerprint density at radius 3 is 0.942 bits per heavy atom. The van der Waals surface area contributed by atoms with Gasteiger partial charge < -0.3 is 14.2 Å². The molecule has 1 atom stereocenters. The first-order chi connectivity index (χ1) is 34.0. The minimum Gasteiger partial charge on any atom is -0.462 e. The van der Waals surface area contributed by atoms with Crippen molar-refractivity contribution in [3.05, 3.63) is 109 Å². The second kappa shape index (κ2) is 56.7. The van der Waals surface area contributed by atoms with Gasteiger partial charge in [-0.2, -0.15) is 0 Å². The van der Waals surface area contributed by atoms with Crippen LogP contribution in [-0.4, -0.2) is 37.2 Å². The van der Waals surface area contributed by atoms with Crippen LogP contribution in [0.2, 0.25) is 0 Å². The van der Waals surface area contributed by atoms with Gasteiger partial charge in [0.1, 0.15) is 13.2 Å². The van der Waals surface area contributed by atoms with Crippen LogP contribution in [0.15, 0.2) is 109 Å². The summed E-state index contributed by atoms with van der Waals surface area (Å²) in [5, 5.41) is 0. The van der Waals surface area contributed by atoms with Crippen molar-refractivity contribution in [2.75, 3.05) is 13.2 Å². The molecule has 0 saturated heterocycles. The third kappa shape index (κ3) is 54.9. The number of carbonyl (C=O) groups is 3. The van der Waals surface area contributed by atoms with Gasteiger partial charge in [0.15, 0.2) is 6.10 Å². The van der Waals surface area contributed by atoms with Crippen molar-refractivity contribution in [2.24, 2.45) is 0 Å². The molecule has 0 radical (unpaired) electrons. The molecule has 0 aliphatic rings. The van der Waals surface area contributed by atoms with Crippen LogP contribution in [0.3, 0.4) is 0 Å². The molecule has 0 aromatic carbocycles. The summed E-state index contributed by atoms with van der Waals surface area (Å²) in [5.41, 5.74) is 0. The molecule has 6 heteroatoms. The van der Waals surface area contributed by atoms with E-state index in [0.717, 1.165) is 128 Å². The van der Waals surface area contributed by atoms with E-state index in [0.29, 0.717) is 19.3 Å². The zero-order valence-corrected chi connectivity index (χ0v) is 44.8. The van der Waals surface area contributed by atoms with E-state index in [1.54, 1.807) is 0 Å². The van der Waals surface area contributed by atoms with Gasteiger partial charge in [-0.15, -0.1) is 0 Å². The van der Waals surface area contributed by atoms with Crippen molar-refractivity contribution in [1.29, 1.82) is 0 Å². The number of rotatable bonds is 50. The smallest absolute Gasteiger partial charge is 0.306 e. The number of allylic oxidation sites excluding steroid dienone is 18. The Kier molecular flexibility index (Phi) is 53.4. The Balaban J connectivity index is 4.48. The zero-order valence-electron chi connectivity index (χ0n) is 44.8. The molecule has 0 heterocycles. The van der Waals surface area contributed by atoms with Crippen molar-refractivity contribution < 1.29 is 28.6 Å². The number of carbonyl (C=O) groups excluding carboxylic acids is 3. The third-order valence-electron chi connectivity index (χ3n) is 11.7. The average molecular weight is 958 g/mol. The van der Waals surface area contributed by atoms with Crippen LogP contribution in [0, 0.1) is 0 Å². The van der Waals surface area contributed by atoms with E-state index in [1.807, 2.05) is 0 Å². The average Bonchev–Trinajstić information content (AvgIpc) is 3.35. The van der Waals surface area contributed by atoms with Crippen LogP contribution in [-0.2, 0) is 28.6 Å². The van der Waals surface area contributed by atoms with Crippen molar-refractivity contribution in [1.82, 2.24) is 0 Å². The van der Waals surface area contributed by atoms with Crippen LogP contribution in [0.1, 0.15) is 252 Å². The highest BCUT2D eigenvalue weighted by Gasteiger charge is 2.19. The summed E-state index contributed by atoms with van der Waals surface area (Å²) in [6.45, 7) is 6.43. The van der Waals surface area contributed by atoms with Gasteiger partial charge in [0.05, 0.1) is 0 Å². The number of ether oxygens (including phenoxy) is 3. The molecule has 0 saturated carbocycles. The lowest BCUT2D eigenvalue weighted by Gasteiger charge is -2.18. The van der Waals surface area contributed by atoms with E-state index in [1.165, 1.54) is 77.0 Å². The summed E-state index contributed by atoms with van der Waals surface area (Å²) >= 11 is 0. The summed E-state index contributed by atoms with van der Waals surface area (Å²) in [7, 11) is 0. The van der Waals surface area contributed by atoms with Crippen LogP contribution in [0.25, 0.3) is 0 Å². The lowest BCUT2D eigenvalue weighted by Crippen LogP contribution is -2.30. The minimum atomic E-state index is -0.814. The van der Waals surface area contributed by atoms with Gasteiger partial charge in [-0.25, -0.2) is 0 Å². The molecule has 0 bridgehead atoms. The van der Waals surface area contributed by atoms with Crippen LogP contribution >= 0.6 is 0 Å². The molecule has 0 aliphatic heterocycles. The fourth-order valence-electron chi connectivity index (χ4n) is 7.47. The lowest BCUT2D eigenvalue weighted by molar-refractivity contribution is -0.167. The summed E-state index contributed by atoms with van der Waals surface area (Å²) < 4.78 is 16.8. The Hall–Kier alpha value is -3.93. The number of hydrogen-bond acceptors (Lipinski definition) is 6. The Morgan fingerprint density at radius 1 is 0.304 bits per heavy atom. The maximum Gasteiger partial charge on any atom is 0.306 e. The summed E-state index contributed by atoms with van der Waals surface area (Å²) in [5.74, 6) is -0.977. The van der Waals surface area contributed by atoms with Gasteiger partial charge in [-0.3, -0.25) is 14.4 Å². The van der Waals surface area contributed by atoms with Gasteiger partial charge in [-0.1, -0.05) is 214 Å². The van der Waals surface area contributed by atoms with Gasteiger partial charge in [0.25, 0.3) is 0 Å². The SMILES string of the molecule is CC/C=C\C/C=C\C/C=C\C/C=C\CCCCC(=O)OC(COC(=O)CCCCCCC/C=C\C/C=C\CCCCC)COC(=O)CCCCCCCC/C=C\C/C=C\C/C=C\CCCCCCC. The largest absolute Gasteiger partial charge is 0.462 e. The highest BCUT2D eigenvalue weighted by Crippen LogP contribution is 2.13. The topological polar surface area (TPSA) is 78.9 Å². The van der Waals surface area contributed by atoms with E-state index in [4.69, 9.17) is 14.2 Å². The second-order valence-corrected chi connectivity index (χ2v) is 18.5. The summed E-state index contributed by atoms with van der Waals surface area (Å²) in [6, 6.07) is 0. The zero-order chi connectivity index (χ0) is 50.0. The van der Waals surface area contributed by atoms with Crippen molar-refractivity contribution in [3.63, 3.8) is 0 Å². The fraction of sp³-hybridized carbons (Fsp3) is 0.667. The number of esters is 3. The number of unbranched alkanes of at least 4 members (excludes halogenated alkanes) is 21. The second-order valence-electron chi connectivity index (χ2n) is 18.5. The summed E-state index contributed by atoms with van der Waals surface area (Å²) in [6.07, 6.45) is 76.5. The summed E-state index contributed by atoms with van der Waals surface area (Å²) in [4.78, 5) is 38.1. The molecule has 0 fully saturated rings. The van der Waals surface area contributed by atoms with Gasteiger partial charge >= 0.3 is 17.9 Å². The molecule has 0 aromatic rings. The van der Waals surface area contributed by atoms with Gasteiger partial charge in [0.2, 0.25) is 0 Å². The number of hydrogen-bond donors (Lipinski definition) is 0. The lowest BCUT2D eigenvalue weighted by atomic mass is 10.1. The Bertz CT molecular complexity index is 1420. The van der Waals surface area contributed by atoms with E-state index >= 15 is 0 Å². The molecule has 0 spiro atoms. The van der Waals surface area contributed by atoms with Crippen LogP contribution in [0.5, 0.6) is 0 Å². The van der Waals surface area contributed by atoms with Crippen molar-refractivity contribution in [2.45, 2.75) is 258 Å². The molecule has 0 amide bonds. The molecule has 392 valence electrons. The molecule has 1 unspecified atom stereocenters. The predicted molar refractivity (Wildman–Crippen MR) is 297 cm³/mol. The highest BCUT2D eigenvalue weighted by atomic mass is 16.6. The van der Waals surface area contributed by atoms with E-state index in [-0.39, 0.29) is 37.5 Å². The minimum absolute atomic E-state index is 0.108. The Labute approximate surface area is 425 Å². The monoisotopic (exact) mass is 957 g/mol. The molecule has 69 heavy (non-hydrogen) atoms. The fourth-order valence-corrected chi connectivity index (χ4v) is 7.47. The third-order valence-corrected chi connectivity index (χ3v) is 11.7. The maximum absolute atomic E-state index is 12.8. The predicted octanol–water partition coefficient (Wildman–Crippen LogP) is 19.1. The normalized spacial score (nSPS) is 12.9. The van der Waals surface area contributed by atoms with Gasteiger partial charge in [-0.05, 0) is 128 Å². The first kappa shape index (κ1) is 65.1. The van der Waals surface area contributed by atoms with E-state index < -0.39 is 6.10 Å². The van der Waals surface area contributed by atoms with E-state index in [9.17, 15) is 14.4 Å². The van der Waals surface area contributed by atoms with E-state index in [2.05, 4.69) is 130 Å².